The van der Waals surface area contributed by atoms with Crippen molar-refractivity contribution in [3.8, 4) is 0 Å². The molecule has 0 saturated carbocycles. The second kappa shape index (κ2) is 8.16. The number of H-pyrrole nitrogens is 1. The van der Waals surface area contributed by atoms with Crippen LogP contribution in [0.3, 0.4) is 0 Å². The zero-order valence-electron chi connectivity index (χ0n) is 18.8. The summed E-state index contributed by atoms with van der Waals surface area (Å²) in [6, 6.07) is 6.06. The van der Waals surface area contributed by atoms with Gasteiger partial charge < -0.3 is 0 Å². The fourth-order valence-corrected chi connectivity index (χ4v) is 6.04. The number of hydrogen-bond acceptors (Lipinski definition) is 5. The molecule has 0 aliphatic carbocycles. The number of hydrogen-bond donors (Lipinski definition) is 1. The van der Waals surface area contributed by atoms with E-state index in [1.807, 2.05) is 6.07 Å². The van der Waals surface area contributed by atoms with Gasteiger partial charge in [-0.1, -0.05) is 0 Å². The summed E-state index contributed by atoms with van der Waals surface area (Å²) in [6.45, 7) is 17.2. The molecule has 0 spiro atoms. The van der Waals surface area contributed by atoms with Crippen LogP contribution in [0.2, 0.25) is 3.43 Å². The summed E-state index contributed by atoms with van der Waals surface area (Å²) in [4.78, 5) is 33.9. The first-order chi connectivity index (χ1) is 13.0. The third kappa shape index (κ3) is 7.20. The van der Waals surface area contributed by atoms with E-state index in [4.69, 9.17) is 9.47 Å². The van der Waals surface area contributed by atoms with Gasteiger partial charge in [-0.25, -0.2) is 0 Å². The van der Waals surface area contributed by atoms with Gasteiger partial charge in [0, 0.05) is 0 Å². The number of nitrogens with zero attached hydrogens (tertiary/aromatic N) is 2. The number of aromatic amines is 1. The van der Waals surface area contributed by atoms with Crippen LogP contribution in [0.4, 0.5) is 15.5 Å². The second-order valence-electron chi connectivity index (χ2n) is 9.96. The van der Waals surface area contributed by atoms with Crippen LogP contribution in [0.5, 0.6) is 0 Å². The van der Waals surface area contributed by atoms with E-state index < -0.39 is 44.5 Å². The van der Waals surface area contributed by atoms with E-state index in [9.17, 15) is 9.59 Å². The fourth-order valence-electron chi connectivity index (χ4n) is 2.48. The molecule has 8 heteroatoms. The standard InChI is InChI=1S/C17H22N3O4.C4H9.Sn/c1-16(2,3)23-14(21)20(15(22)24-17(4,5)6)13-18-11-9-7-8-10-12(11)19-13;1-4(2)3;/h7,9-10H,1-6H3,(H,18,19);1-3H3;. The van der Waals surface area contributed by atoms with Crippen LogP contribution >= 0.6 is 0 Å². The van der Waals surface area contributed by atoms with Crippen LogP contribution in [-0.4, -0.2) is 54.5 Å². The SMILES string of the molecule is CC(C)(C)OC(=O)N(C(=O)OC(C)(C)C)c1nc2cc[c]([Sn][C](C)(C)C)cc2[nH]1. The van der Waals surface area contributed by atoms with Gasteiger partial charge in [-0.05, 0) is 0 Å². The number of fused-ring (bicyclic) bond motifs is 1. The molecule has 7 nitrogen and oxygen atoms in total. The van der Waals surface area contributed by atoms with Gasteiger partial charge >= 0.3 is 183 Å². The van der Waals surface area contributed by atoms with Gasteiger partial charge in [-0.2, -0.15) is 0 Å². The van der Waals surface area contributed by atoms with Gasteiger partial charge in [0.15, 0.2) is 0 Å². The summed E-state index contributed by atoms with van der Waals surface area (Å²) in [5.74, 6) is 0.0850. The summed E-state index contributed by atoms with van der Waals surface area (Å²) < 4.78 is 12.4. The van der Waals surface area contributed by atoms with Crippen molar-refractivity contribution in [2.75, 3.05) is 4.90 Å². The Morgan fingerprint density at radius 1 is 0.931 bits per heavy atom. The average molecular weight is 508 g/mol. The van der Waals surface area contributed by atoms with E-state index in [0.29, 0.717) is 8.95 Å². The van der Waals surface area contributed by atoms with Crippen molar-refractivity contribution in [3.63, 3.8) is 0 Å². The number of benzene rings is 1. The topological polar surface area (TPSA) is 84.5 Å². The van der Waals surface area contributed by atoms with Gasteiger partial charge in [0.2, 0.25) is 0 Å². The van der Waals surface area contributed by atoms with Gasteiger partial charge in [-0.3, -0.25) is 0 Å². The Kier molecular flexibility index (Phi) is 6.62. The van der Waals surface area contributed by atoms with Crippen LogP contribution < -0.4 is 8.48 Å². The van der Waals surface area contributed by atoms with E-state index in [1.54, 1.807) is 41.5 Å². The minimum absolute atomic E-state index is 0.0850. The number of aromatic nitrogens is 2. The molecule has 0 aliphatic heterocycles. The van der Waals surface area contributed by atoms with E-state index in [1.165, 1.54) is 3.58 Å². The summed E-state index contributed by atoms with van der Waals surface area (Å²) >= 11 is -0.803. The Balaban J connectivity index is 2.44. The quantitative estimate of drug-likeness (QED) is 0.591. The number of imidazole rings is 1. The van der Waals surface area contributed by atoms with Gasteiger partial charge in [0.05, 0.1) is 0 Å². The van der Waals surface area contributed by atoms with Crippen molar-refractivity contribution in [2.45, 2.75) is 76.9 Å². The third-order valence-corrected chi connectivity index (χ3v) is 7.20. The molecule has 0 saturated heterocycles. The molecule has 1 N–H and O–H groups in total. The molecular formula is C21H31N3O4Sn. The molecule has 0 aliphatic rings. The predicted molar refractivity (Wildman–Crippen MR) is 116 cm³/mol. The zero-order valence-corrected chi connectivity index (χ0v) is 21.6. The van der Waals surface area contributed by atoms with Crippen molar-refractivity contribution in [1.29, 1.82) is 0 Å². The van der Waals surface area contributed by atoms with Gasteiger partial charge in [-0.15, -0.1) is 0 Å². The van der Waals surface area contributed by atoms with Gasteiger partial charge in [0.25, 0.3) is 0 Å². The molecule has 29 heavy (non-hydrogen) atoms. The number of ether oxygens (including phenoxy) is 2. The van der Waals surface area contributed by atoms with Crippen molar-refractivity contribution in [3.05, 3.63) is 18.2 Å². The molecular weight excluding hydrogens is 477 g/mol. The summed E-state index contributed by atoms with van der Waals surface area (Å²) in [6.07, 6.45) is -1.67. The minimum atomic E-state index is -0.836. The summed E-state index contributed by atoms with van der Waals surface area (Å²) in [5, 5.41) is 0. The summed E-state index contributed by atoms with van der Waals surface area (Å²) in [5.41, 5.74) is -0.0828. The Morgan fingerprint density at radius 3 is 1.90 bits per heavy atom. The molecule has 1 aromatic heterocycles. The van der Waals surface area contributed by atoms with E-state index in [2.05, 4.69) is 42.9 Å². The first kappa shape index (κ1) is 23.5. The van der Waals surface area contributed by atoms with E-state index >= 15 is 0 Å². The Labute approximate surface area is 182 Å². The molecule has 1 heterocycles. The first-order valence-electron chi connectivity index (χ1n) is 9.58. The molecule has 1 aromatic carbocycles. The Morgan fingerprint density at radius 2 is 1.45 bits per heavy atom. The van der Waals surface area contributed by atoms with Crippen molar-refractivity contribution in [1.82, 2.24) is 9.97 Å². The number of nitrogens with one attached hydrogen (secondary N) is 1. The number of imide groups is 1. The van der Waals surface area contributed by atoms with E-state index in [0.717, 1.165) is 10.4 Å². The van der Waals surface area contributed by atoms with Crippen LogP contribution in [0.1, 0.15) is 62.3 Å². The molecule has 2 rings (SSSR count). The van der Waals surface area contributed by atoms with Crippen LogP contribution in [0.15, 0.2) is 18.2 Å². The molecule has 2 amide bonds. The first-order valence-corrected chi connectivity index (χ1v) is 12.4. The van der Waals surface area contributed by atoms with Crippen LogP contribution in [0, 0.1) is 0 Å². The molecule has 0 unspecified atom stereocenters. The maximum atomic E-state index is 12.8. The third-order valence-electron chi connectivity index (χ3n) is 3.35. The number of carbonyl (C=O) groups is 2. The van der Waals surface area contributed by atoms with E-state index in [-0.39, 0.29) is 5.95 Å². The number of carbonyl (C=O) groups excluding carboxylic acids is 2. The van der Waals surface area contributed by atoms with Crippen molar-refractivity contribution >= 4 is 53.9 Å². The van der Waals surface area contributed by atoms with Crippen molar-refractivity contribution in [2.24, 2.45) is 0 Å². The zero-order chi connectivity index (χ0) is 22.2. The number of amides is 2. The molecule has 2 aromatic rings. The summed E-state index contributed by atoms with van der Waals surface area (Å²) in [7, 11) is 0. The van der Waals surface area contributed by atoms with Crippen LogP contribution in [-0.2, 0) is 9.47 Å². The second-order valence-corrected chi connectivity index (χ2v) is 16.6. The predicted octanol–water partition coefficient (Wildman–Crippen LogP) is 4.79. The average Bonchev–Trinajstić information content (AvgIpc) is 2.83. The number of anilines is 1. The Bertz CT molecular complexity index is 873. The molecule has 0 atom stereocenters. The fraction of sp³-hybridized carbons (Fsp3) is 0.571. The van der Waals surface area contributed by atoms with Crippen molar-refractivity contribution < 1.29 is 19.1 Å². The molecule has 0 bridgehead atoms. The normalized spacial score (nSPS) is 12.7. The Hall–Kier alpha value is -1.77. The molecule has 2 radical (unpaired) electrons. The number of rotatable bonds is 2. The monoisotopic (exact) mass is 509 g/mol. The van der Waals surface area contributed by atoms with Crippen LogP contribution in [0.25, 0.3) is 11.0 Å². The van der Waals surface area contributed by atoms with Gasteiger partial charge in [0.1, 0.15) is 0 Å². The maximum absolute atomic E-state index is 12.8. The molecule has 0 fully saturated rings. The molecule has 158 valence electrons.